The zero-order valence-electron chi connectivity index (χ0n) is 13.2. The van der Waals surface area contributed by atoms with Crippen LogP contribution in [0.25, 0.3) is 0 Å². The molecule has 1 aliphatic carbocycles. The van der Waals surface area contributed by atoms with Crippen molar-refractivity contribution in [1.29, 1.82) is 0 Å². The first-order valence-electron chi connectivity index (χ1n) is 8.34. The highest BCUT2D eigenvalue weighted by molar-refractivity contribution is 5.83. The van der Waals surface area contributed by atoms with Gasteiger partial charge in [-0.1, -0.05) is 33.1 Å². The van der Waals surface area contributed by atoms with E-state index < -0.39 is 12.0 Å². The minimum Gasteiger partial charge on any atom is -0.480 e. The van der Waals surface area contributed by atoms with Gasteiger partial charge in [0.05, 0.1) is 0 Å². The molecule has 3 atom stereocenters. The van der Waals surface area contributed by atoms with E-state index in [1.165, 1.54) is 25.7 Å². The highest BCUT2D eigenvalue weighted by Crippen LogP contribution is 2.35. The summed E-state index contributed by atoms with van der Waals surface area (Å²) in [6.07, 6.45) is 7.80. The standard InChI is InChI=1S/C16H28N2O3/c1-3-11(2)14(15(19)20)17-16(21)18-10-6-9-13(18)12-7-4-5-8-12/h11-14H,3-10H2,1-2H3,(H,17,21)(H,19,20). The summed E-state index contributed by atoms with van der Waals surface area (Å²) in [6.45, 7) is 4.58. The van der Waals surface area contributed by atoms with Crippen molar-refractivity contribution in [2.24, 2.45) is 11.8 Å². The topological polar surface area (TPSA) is 69.6 Å². The van der Waals surface area contributed by atoms with Crippen molar-refractivity contribution in [2.75, 3.05) is 6.54 Å². The van der Waals surface area contributed by atoms with Gasteiger partial charge in [0.1, 0.15) is 6.04 Å². The highest BCUT2D eigenvalue weighted by Gasteiger charge is 2.37. The maximum absolute atomic E-state index is 12.5. The molecule has 0 aromatic rings. The number of nitrogens with one attached hydrogen (secondary N) is 1. The van der Waals surface area contributed by atoms with Crippen LogP contribution < -0.4 is 5.32 Å². The van der Waals surface area contributed by atoms with Gasteiger partial charge in [-0.3, -0.25) is 0 Å². The fourth-order valence-corrected chi connectivity index (χ4v) is 3.78. The predicted octanol–water partition coefficient (Wildman–Crippen LogP) is 2.85. The van der Waals surface area contributed by atoms with Crippen LogP contribution >= 0.6 is 0 Å². The SMILES string of the molecule is CCC(C)C(NC(=O)N1CCCC1C1CCCC1)C(=O)O. The van der Waals surface area contributed by atoms with E-state index in [1.54, 1.807) is 0 Å². The van der Waals surface area contributed by atoms with Crippen LogP contribution in [0.5, 0.6) is 0 Å². The maximum atomic E-state index is 12.5. The van der Waals surface area contributed by atoms with Crippen LogP contribution in [-0.4, -0.2) is 40.6 Å². The third-order valence-corrected chi connectivity index (χ3v) is 5.26. The number of nitrogens with zero attached hydrogens (tertiary/aromatic N) is 1. The monoisotopic (exact) mass is 296 g/mol. The third-order valence-electron chi connectivity index (χ3n) is 5.26. The molecule has 21 heavy (non-hydrogen) atoms. The first-order valence-corrected chi connectivity index (χ1v) is 8.34. The summed E-state index contributed by atoms with van der Waals surface area (Å²) in [5, 5.41) is 12.1. The molecule has 0 aromatic carbocycles. The second-order valence-corrected chi connectivity index (χ2v) is 6.60. The zero-order valence-corrected chi connectivity index (χ0v) is 13.2. The van der Waals surface area contributed by atoms with Crippen molar-refractivity contribution in [3.63, 3.8) is 0 Å². The molecule has 0 bridgehead atoms. The van der Waals surface area contributed by atoms with Gasteiger partial charge in [-0.15, -0.1) is 0 Å². The van der Waals surface area contributed by atoms with Gasteiger partial charge in [0.15, 0.2) is 0 Å². The van der Waals surface area contributed by atoms with Crippen LogP contribution in [-0.2, 0) is 4.79 Å². The summed E-state index contributed by atoms with van der Waals surface area (Å²) in [5.41, 5.74) is 0. The van der Waals surface area contributed by atoms with Crippen molar-refractivity contribution < 1.29 is 14.7 Å². The van der Waals surface area contributed by atoms with Crippen LogP contribution in [0.2, 0.25) is 0 Å². The van der Waals surface area contributed by atoms with Crippen molar-refractivity contribution in [3.8, 4) is 0 Å². The molecule has 3 unspecified atom stereocenters. The summed E-state index contributed by atoms with van der Waals surface area (Å²) in [6, 6.07) is -0.650. The van der Waals surface area contributed by atoms with Crippen molar-refractivity contribution >= 4 is 12.0 Å². The van der Waals surface area contributed by atoms with Gasteiger partial charge < -0.3 is 15.3 Å². The number of hydrogen-bond acceptors (Lipinski definition) is 2. The van der Waals surface area contributed by atoms with Gasteiger partial charge in [0, 0.05) is 12.6 Å². The van der Waals surface area contributed by atoms with Crippen molar-refractivity contribution in [1.82, 2.24) is 10.2 Å². The van der Waals surface area contributed by atoms with E-state index in [0.29, 0.717) is 12.0 Å². The molecule has 120 valence electrons. The summed E-state index contributed by atoms with van der Waals surface area (Å²) < 4.78 is 0. The number of carbonyl (C=O) groups excluding carboxylic acids is 1. The van der Waals surface area contributed by atoms with Gasteiger partial charge in [0.2, 0.25) is 0 Å². The van der Waals surface area contributed by atoms with Crippen LogP contribution in [0.4, 0.5) is 4.79 Å². The highest BCUT2D eigenvalue weighted by atomic mass is 16.4. The summed E-state index contributed by atoms with van der Waals surface area (Å²) >= 11 is 0. The smallest absolute Gasteiger partial charge is 0.326 e. The number of carboxylic acids is 1. The Morgan fingerprint density at radius 1 is 1.24 bits per heavy atom. The minimum atomic E-state index is -0.936. The van der Waals surface area contributed by atoms with Crippen molar-refractivity contribution in [3.05, 3.63) is 0 Å². The molecule has 0 radical (unpaired) electrons. The molecule has 1 aliphatic heterocycles. The van der Waals surface area contributed by atoms with Gasteiger partial charge >= 0.3 is 12.0 Å². The lowest BCUT2D eigenvalue weighted by atomic mass is 9.96. The minimum absolute atomic E-state index is 0.0565. The molecule has 2 N–H and O–H groups in total. The lowest BCUT2D eigenvalue weighted by Crippen LogP contribution is -2.52. The van der Waals surface area contributed by atoms with E-state index in [0.717, 1.165) is 25.8 Å². The van der Waals surface area contributed by atoms with E-state index >= 15 is 0 Å². The molecule has 2 aliphatic rings. The van der Waals surface area contributed by atoms with E-state index in [9.17, 15) is 14.7 Å². The molecule has 5 heteroatoms. The number of carbonyl (C=O) groups is 2. The van der Waals surface area contributed by atoms with Crippen molar-refractivity contribution in [2.45, 2.75) is 70.9 Å². The number of aliphatic carboxylic acids is 1. The number of amides is 2. The van der Waals surface area contributed by atoms with Crippen LogP contribution in [0, 0.1) is 11.8 Å². The lowest BCUT2D eigenvalue weighted by molar-refractivity contribution is -0.140. The average molecular weight is 296 g/mol. The Hall–Kier alpha value is -1.26. The van der Waals surface area contributed by atoms with Crippen LogP contribution in [0.3, 0.4) is 0 Å². The molecular weight excluding hydrogens is 268 g/mol. The molecule has 1 saturated heterocycles. The van der Waals surface area contributed by atoms with Gasteiger partial charge in [0.25, 0.3) is 0 Å². The molecule has 5 nitrogen and oxygen atoms in total. The molecule has 0 spiro atoms. The molecule has 2 amide bonds. The van der Waals surface area contributed by atoms with Gasteiger partial charge in [-0.25, -0.2) is 9.59 Å². The van der Waals surface area contributed by atoms with E-state index in [2.05, 4.69) is 5.32 Å². The normalized spacial score (nSPS) is 25.8. The molecule has 2 fully saturated rings. The zero-order chi connectivity index (χ0) is 15.4. The van der Waals surface area contributed by atoms with Gasteiger partial charge in [-0.05, 0) is 37.5 Å². The van der Waals surface area contributed by atoms with E-state index in [-0.39, 0.29) is 11.9 Å². The van der Waals surface area contributed by atoms with E-state index in [4.69, 9.17) is 0 Å². The summed E-state index contributed by atoms with van der Waals surface area (Å²) in [5.74, 6) is -0.376. The lowest BCUT2D eigenvalue weighted by Gasteiger charge is -2.31. The Balaban J connectivity index is 1.98. The van der Waals surface area contributed by atoms with Gasteiger partial charge in [-0.2, -0.15) is 0 Å². The largest absolute Gasteiger partial charge is 0.480 e. The average Bonchev–Trinajstić information content (AvgIpc) is 3.12. The Labute approximate surface area is 127 Å². The first-order chi connectivity index (χ1) is 10.0. The third kappa shape index (κ3) is 3.69. The van der Waals surface area contributed by atoms with Crippen LogP contribution in [0.15, 0.2) is 0 Å². The number of hydrogen-bond donors (Lipinski definition) is 2. The fourth-order valence-electron chi connectivity index (χ4n) is 3.78. The quantitative estimate of drug-likeness (QED) is 0.819. The molecular formula is C16H28N2O3. The Bertz CT molecular complexity index is 380. The fraction of sp³-hybridized carbons (Fsp3) is 0.875. The van der Waals surface area contributed by atoms with Crippen LogP contribution in [0.1, 0.15) is 58.8 Å². The second-order valence-electron chi connectivity index (χ2n) is 6.60. The maximum Gasteiger partial charge on any atom is 0.326 e. The number of rotatable bonds is 5. The number of urea groups is 1. The molecule has 2 rings (SSSR count). The molecule has 1 saturated carbocycles. The summed E-state index contributed by atoms with van der Waals surface area (Å²) in [4.78, 5) is 25.8. The predicted molar refractivity (Wildman–Crippen MR) is 81.1 cm³/mol. The number of carboxylic acid groups (broad SMARTS) is 1. The Kier molecular flexibility index (Phi) is 5.48. The molecule has 1 heterocycles. The first kappa shape index (κ1) is 16.1. The summed E-state index contributed by atoms with van der Waals surface area (Å²) in [7, 11) is 0. The Morgan fingerprint density at radius 3 is 2.48 bits per heavy atom. The second kappa shape index (κ2) is 7.14. The van der Waals surface area contributed by atoms with E-state index in [1.807, 2.05) is 18.7 Å². The molecule has 0 aromatic heterocycles. The number of likely N-dealkylation sites (tertiary alicyclic amines) is 1. The Morgan fingerprint density at radius 2 is 1.90 bits per heavy atom.